The highest BCUT2D eigenvalue weighted by Crippen LogP contribution is 2.42. The average molecular weight is 540 g/mol. The van der Waals surface area contributed by atoms with Crippen molar-refractivity contribution in [1.82, 2.24) is 5.32 Å². The first kappa shape index (κ1) is 27.1. The van der Waals surface area contributed by atoms with Gasteiger partial charge in [-0.3, -0.25) is 9.59 Å². The number of fused-ring (bicyclic) bond motifs is 1. The summed E-state index contributed by atoms with van der Waals surface area (Å²) in [5.41, 5.74) is 2.15. The molecule has 1 heterocycles. The first-order chi connectivity index (χ1) is 18.4. The zero-order chi connectivity index (χ0) is 27.1. The van der Waals surface area contributed by atoms with Crippen LogP contribution in [0.2, 0.25) is 5.02 Å². The second kappa shape index (κ2) is 12.6. The van der Waals surface area contributed by atoms with Crippen molar-refractivity contribution in [1.29, 1.82) is 0 Å². The number of hydrogen-bond donors (Lipinski definition) is 1. The first-order valence-electron chi connectivity index (χ1n) is 12.3. The molecule has 3 aromatic rings. The van der Waals surface area contributed by atoms with Crippen LogP contribution >= 0.6 is 11.6 Å². The molecule has 0 radical (unpaired) electrons. The van der Waals surface area contributed by atoms with Gasteiger partial charge in [0, 0.05) is 29.8 Å². The van der Waals surface area contributed by atoms with E-state index >= 15 is 0 Å². The fraction of sp³-hybridized carbons (Fsp3) is 0.310. The molecule has 1 amide bonds. The number of esters is 1. The monoisotopic (exact) mass is 539 g/mol. The summed E-state index contributed by atoms with van der Waals surface area (Å²) in [4.78, 5) is 25.0. The molecule has 38 heavy (non-hydrogen) atoms. The van der Waals surface area contributed by atoms with Gasteiger partial charge in [0.1, 0.15) is 28.7 Å². The second-order valence-corrected chi connectivity index (χ2v) is 8.98. The van der Waals surface area contributed by atoms with Crippen molar-refractivity contribution in [2.75, 3.05) is 34.0 Å². The molecule has 1 unspecified atom stereocenters. The van der Waals surface area contributed by atoms with Crippen molar-refractivity contribution in [2.45, 2.75) is 25.7 Å². The molecule has 8 nitrogen and oxygen atoms in total. The average Bonchev–Trinajstić information content (AvgIpc) is 2.93. The van der Waals surface area contributed by atoms with Gasteiger partial charge in [-0.2, -0.15) is 0 Å². The number of benzene rings is 3. The van der Waals surface area contributed by atoms with Crippen molar-refractivity contribution < 1.29 is 33.3 Å². The Morgan fingerprint density at radius 1 is 1.00 bits per heavy atom. The van der Waals surface area contributed by atoms with E-state index < -0.39 is 5.92 Å². The SMILES string of the molecule is CCOC(=O)C1CCOc2cc(Oc3ccc(C(=O)NCCc4ccc(OC)cc4OC)cc3)c(Cl)cc21. The van der Waals surface area contributed by atoms with Crippen molar-refractivity contribution in [3.8, 4) is 28.7 Å². The molecule has 1 aliphatic rings. The number of halogens is 1. The van der Waals surface area contributed by atoms with E-state index in [2.05, 4.69) is 5.32 Å². The highest BCUT2D eigenvalue weighted by Gasteiger charge is 2.30. The fourth-order valence-corrected chi connectivity index (χ4v) is 4.44. The first-order valence-corrected chi connectivity index (χ1v) is 12.7. The molecule has 0 aromatic heterocycles. The molecule has 0 bridgehead atoms. The van der Waals surface area contributed by atoms with Gasteiger partial charge in [-0.1, -0.05) is 17.7 Å². The van der Waals surface area contributed by atoms with Crippen LogP contribution in [0.25, 0.3) is 0 Å². The number of carbonyl (C=O) groups excluding carboxylic acids is 2. The molecule has 9 heteroatoms. The minimum atomic E-state index is -0.422. The predicted octanol–water partition coefficient (Wildman–Crippen LogP) is 5.55. The van der Waals surface area contributed by atoms with E-state index in [-0.39, 0.29) is 11.9 Å². The van der Waals surface area contributed by atoms with Crippen LogP contribution in [-0.4, -0.2) is 45.9 Å². The van der Waals surface area contributed by atoms with Gasteiger partial charge in [-0.25, -0.2) is 0 Å². The molecule has 3 aromatic carbocycles. The van der Waals surface area contributed by atoms with Crippen LogP contribution in [-0.2, 0) is 16.0 Å². The van der Waals surface area contributed by atoms with Crippen LogP contribution in [0.3, 0.4) is 0 Å². The second-order valence-electron chi connectivity index (χ2n) is 8.57. The Bertz CT molecular complexity index is 1290. The fourth-order valence-electron chi connectivity index (χ4n) is 4.23. The lowest BCUT2D eigenvalue weighted by atomic mass is 9.93. The highest BCUT2D eigenvalue weighted by atomic mass is 35.5. The highest BCUT2D eigenvalue weighted by molar-refractivity contribution is 6.32. The number of ether oxygens (including phenoxy) is 5. The summed E-state index contributed by atoms with van der Waals surface area (Å²) in [5, 5.41) is 3.27. The topological polar surface area (TPSA) is 92.3 Å². The summed E-state index contributed by atoms with van der Waals surface area (Å²) in [6, 6.07) is 15.7. The van der Waals surface area contributed by atoms with E-state index in [1.165, 1.54) is 0 Å². The number of hydrogen-bond acceptors (Lipinski definition) is 7. The summed E-state index contributed by atoms with van der Waals surface area (Å²) in [5.74, 6) is 1.94. The maximum atomic E-state index is 12.6. The van der Waals surface area contributed by atoms with Crippen molar-refractivity contribution in [2.24, 2.45) is 0 Å². The third-order valence-corrected chi connectivity index (χ3v) is 6.49. The van der Waals surface area contributed by atoms with Crippen molar-refractivity contribution >= 4 is 23.5 Å². The quantitative estimate of drug-likeness (QED) is 0.338. The standard InChI is InChI=1S/C29H30ClNO7/c1-4-36-29(33)22-12-14-37-26-17-27(24(30)16-23(22)26)38-20-8-6-19(7-9-20)28(32)31-13-11-18-5-10-21(34-2)15-25(18)35-3/h5-10,15-17,22H,4,11-14H2,1-3H3,(H,31,32). The van der Waals surface area contributed by atoms with Gasteiger partial charge in [0.2, 0.25) is 0 Å². The van der Waals surface area contributed by atoms with Gasteiger partial charge >= 0.3 is 5.97 Å². The maximum Gasteiger partial charge on any atom is 0.313 e. The van der Waals surface area contributed by atoms with Gasteiger partial charge in [-0.15, -0.1) is 0 Å². The van der Waals surface area contributed by atoms with Gasteiger partial charge in [0.15, 0.2) is 0 Å². The molecule has 200 valence electrons. The Kier molecular flexibility index (Phi) is 8.97. The number of nitrogens with one attached hydrogen (secondary N) is 1. The molecule has 0 aliphatic carbocycles. The van der Waals surface area contributed by atoms with Crippen LogP contribution in [0, 0.1) is 0 Å². The Hall–Kier alpha value is -3.91. The molecule has 4 rings (SSSR count). The maximum absolute atomic E-state index is 12.6. The lowest BCUT2D eigenvalue weighted by Crippen LogP contribution is -2.25. The zero-order valence-corrected chi connectivity index (χ0v) is 22.3. The number of carbonyl (C=O) groups is 2. The Morgan fingerprint density at radius 3 is 2.47 bits per heavy atom. The summed E-state index contributed by atoms with van der Waals surface area (Å²) < 4.78 is 27.5. The number of amides is 1. The number of methoxy groups -OCH3 is 2. The van der Waals surface area contributed by atoms with Crippen LogP contribution in [0.1, 0.15) is 40.7 Å². The zero-order valence-electron chi connectivity index (χ0n) is 21.5. The van der Waals surface area contributed by atoms with E-state index in [1.54, 1.807) is 57.5 Å². The van der Waals surface area contributed by atoms with E-state index in [1.807, 2.05) is 18.2 Å². The molecule has 0 saturated carbocycles. The molecule has 1 atom stereocenters. The van der Waals surface area contributed by atoms with Crippen molar-refractivity contribution in [3.63, 3.8) is 0 Å². The van der Waals surface area contributed by atoms with E-state index in [0.717, 1.165) is 5.56 Å². The molecule has 0 saturated heterocycles. The van der Waals surface area contributed by atoms with Crippen LogP contribution in [0.5, 0.6) is 28.7 Å². The third kappa shape index (κ3) is 6.31. The van der Waals surface area contributed by atoms with Gasteiger partial charge < -0.3 is 29.0 Å². The van der Waals surface area contributed by atoms with Gasteiger partial charge in [0.25, 0.3) is 5.91 Å². The largest absolute Gasteiger partial charge is 0.497 e. The smallest absolute Gasteiger partial charge is 0.313 e. The Morgan fingerprint density at radius 2 is 1.76 bits per heavy atom. The van der Waals surface area contributed by atoms with E-state index in [4.69, 9.17) is 35.3 Å². The van der Waals surface area contributed by atoms with Gasteiger partial charge in [0.05, 0.1) is 38.4 Å². The summed E-state index contributed by atoms with van der Waals surface area (Å²) >= 11 is 6.47. The molecular weight excluding hydrogens is 510 g/mol. The summed E-state index contributed by atoms with van der Waals surface area (Å²) in [6.45, 7) is 2.92. The molecule has 0 spiro atoms. The third-order valence-electron chi connectivity index (χ3n) is 6.19. The summed E-state index contributed by atoms with van der Waals surface area (Å²) in [6.07, 6.45) is 1.13. The van der Waals surface area contributed by atoms with Crippen LogP contribution in [0.15, 0.2) is 54.6 Å². The summed E-state index contributed by atoms with van der Waals surface area (Å²) in [7, 11) is 3.20. The van der Waals surface area contributed by atoms with E-state index in [9.17, 15) is 9.59 Å². The lowest BCUT2D eigenvalue weighted by molar-refractivity contribution is -0.145. The predicted molar refractivity (Wildman–Crippen MR) is 143 cm³/mol. The molecule has 1 N–H and O–H groups in total. The minimum Gasteiger partial charge on any atom is -0.497 e. The number of rotatable bonds is 10. The van der Waals surface area contributed by atoms with Gasteiger partial charge in [-0.05, 0) is 61.7 Å². The van der Waals surface area contributed by atoms with E-state index in [0.29, 0.717) is 77.5 Å². The molecule has 1 aliphatic heterocycles. The lowest BCUT2D eigenvalue weighted by Gasteiger charge is -2.25. The molecule has 0 fully saturated rings. The Labute approximate surface area is 226 Å². The normalized spacial score (nSPS) is 14.1. The van der Waals surface area contributed by atoms with Crippen LogP contribution < -0.4 is 24.3 Å². The van der Waals surface area contributed by atoms with Crippen LogP contribution in [0.4, 0.5) is 0 Å². The van der Waals surface area contributed by atoms with Crippen molar-refractivity contribution in [3.05, 3.63) is 76.3 Å². The Balaban J connectivity index is 1.37. The minimum absolute atomic E-state index is 0.200. The molecular formula is C29H30ClNO7.